The quantitative estimate of drug-likeness (QED) is 0.390. The molecule has 1 aromatic heterocycles. The Morgan fingerprint density at radius 1 is 1.03 bits per heavy atom. The van der Waals surface area contributed by atoms with Gasteiger partial charge in [0.2, 0.25) is 0 Å². The van der Waals surface area contributed by atoms with E-state index in [-0.39, 0.29) is 34.6 Å². The second kappa shape index (κ2) is 11.1. The Kier molecular flexibility index (Phi) is 8.08. The number of aromatic nitrogens is 1. The van der Waals surface area contributed by atoms with E-state index in [4.69, 9.17) is 16.3 Å². The fraction of sp³-hybridized carbons (Fsp3) is 0.103. The van der Waals surface area contributed by atoms with Gasteiger partial charge in [-0.25, -0.2) is 9.37 Å². The molecule has 1 unspecified atom stereocenters. The Labute approximate surface area is 235 Å². The van der Waals surface area contributed by atoms with Crippen molar-refractivity contribution in [3.05, 3.63) is 111 Å². The molecule has 2 atom stereocenters. The normalized spacial score (nSPS) is 15.1. The number of carboxylic acid groups (broad SMARTS) is 1. The average molecular weight is 508 g/mol. The van der Waals surface area contributed by atoms with Crippen molar-refractivity contribution in [3.8, 4) is 0 Å². The van der Waals surface area contributed by atoms with Crippen molar-refractivity contribution in [1.82, 2.24) is 4.98 Å². The molecule has 4 nitrogen and oxygen atoms in total. The Morgan fingerprint density at radius 2 is 1.78 bits per heavy atom. The van der Waals surface area contributed by atoms with Gasteiger partial charge >= 0.3 is 29.6 Å². The molecule has 1 aliphatic rings. The third kappa shape index (κ3) is 5.46. The van der Waals surface area contributed by atoms with E-state index in [1.165, 1.54) is 19.1 Å². The van der Waals surface area contributed by atoms with Crippen molar-refractivity contribution in [2.45, 2.75) is 19.1 Å². The molecule has 0 spiro atoms. The van der Waals surface area contributed by atoms with Gasteiger partial charge in [0.1, 0.15) is 11.9 Å². The molecule has 1 aliphatic carbocycles. The third-order valence-electron chi connectivity index (χ3n) is 5.99. The van der Waals surface area contributed by atoms with E-state index < -0.39 is 24.0 Å². The maximum Gasteiger partial charge on any atom is 1.00 e. The maximum atomic E-state index is 13.7. The third-order valence-corrected chi connectivity index (χ3v) is 6.28. The van der Waals surface area contributed by atoms with Crippen LogP contribution in [0.4, 0.5) is 4.39 Å². The van der Waals surface area contributed by atoms with E-state index in [1.807, 2.05) is 72.8 Å². The molecule has 0 N–H and O–H groups in total. The Hall–Kier alpha value is -2.80. The summed E-state index contributed by atoms with van der Waals surface area (Å²) in [5.74, 6) is -1.74. The second-order valence-electron chi connectivity index (χ2n) is 8.36. The van der Waals surface area contributed by atoms with Crippen LogP contribution in [0.25, 0.3) is 35.2 Å². The summed E-state index contributed by atoms with van der Waals surface area (Å²) in [5, 5.41) is 12.1. The van der Waals surface area contributed by atoms with Gasteiger partial charge in [0.25, 0.3) is 0 Å². The van der Waals surface area contributed by atoms with Gasteiger partial charge in [-0.05, 0) is 65.1 Å². The number of halogens is 2. The first kappa shape index (κ1) is 26.3. The van der Waals surface area contributed by atoms with E-state index in [0.29, 0.717) is 16.6 Å². The summed E-state index contributed by atoms with van der Waals surface area (Å²) in [6.45, 7) is 1.48. The number of carbonyl (C=O) groups excluding carboxylic acids is 1. The SMILES string of the molecule is CC(O[C@@H]1c2ccccc2C=Cc2ccc(/C=C/c3ccc4cc(F)c(Cl)cc4n3)cc21)C(=O)[O-].[Na+]. The van der Waals surface area contributed by atoms with Crippen LogP contribution in [-0.4, -0.2) is 17.1 Å². The molecule has 36 heavy (non-hydrogen) atoms. The molecule has 3 aromatic carbocycles. The van der Waals surface area contributed by atoms with Crippen LogP contribution in [0.2, 0.25) is 5.02 Å². The molecule has 0 fully saturated rings. The number of carboxylic acids is 1. The average Bonchev–Trinajstić information content (AvgIpc) is 3.00. The Morgan fingerprint density at radius 3 is 2.56 bits per heavy atom. The van der Waals surface area contributed by atoms with Crippen LogP contribution in [-0.2, 0) is 9.53 Å². The number of pyridine rings is 1. The van der Waals surface area contributed by atoms with Crippen LogP contribution < -0.4 is 34.7 Å². The van der Waals surface area contributed by atoms with Gasteiger partial charge in [-0.2, -0.15) is 0 Å². The van der Waals surface area contributed by atoms with Gasteiger partial charge in [-0.15, -0.1) is 0 Å². The molecule has 5 rings (SSSR count). The van der Waals surface area contributed by atoms with E-state index in [1.54, 1.807) is 6.07 Å². The van der Waals surface area contributed by atoms with Crippen LogP contribution in [0.3, 0.4) is 0 Å². The number of hydrogen-bond acceptors (Lipinski definition) is 4. The predicted octanol–water partition coefficient (Wildman–Crippen LogP) is 2.93. The molecule has 0 saturated heterocycles. The molecule has 4 aromatic rings. The summed E-state index contributed by atoms with van der Waals surface area (Å²) in [6, 6.07) is 20.2. The van der Waals surface area contributed by atoms with Crippen molar-refractivity contribution in [2.75, 3.05) is 0 Å². The fourth-order valence-corrected chi connectivity index (χ4v) is 4.30. The van der Waals surface area contributed by atoms with Crippen molar-refractivity contribution in [3.63, 3.8) is 0 Å². The minimum absolute atomic E-state index is 0. The zero-order valence-electron chi connectivity index (χ0n) is 19.7. The van der Waals surface area contributed by atoms with Crippen molar-refractivity contribution in [2.24, 2.45) is 0 Å². The Balaban J connectivity index is 0.00000304. The summed E-state index contributed by atoms with van der Waals surface area (Å²) in [5.41, 5.74) is 5.84. The summed E-state index contributed by atoms with van der Waals surface area (Å²) in [7, 11) is 0. The summed E-state index contributed by atoms with van der Waals surface area (Å²) in [6.07, 6.45) is 6.12. The van der Waals surface area contributed by atoms with Crippen LogP contribution in [0, 0.1) is 5.82 Å². The molecule has 0 aliphatic heterocycles. The Bertz CT molecular complexity index is 1520. The van der Waals surface area contributed by atoms with Gasteiger partial charge in [0.15, 0.2) is 0 Å². The molecule has 0 radical (unpaired) electrons. The number of ether oxygens (including phenoxy) is 1. The minimum Gasteiger partial charge on any atom is -0.547 e. The molecular weight excluding hydrogens is 488 g/mol. The van der Waals surface area contributed by atoms with Crippen molar-refractivity contribution < 1.29 is 48.6 Å². The van der Waals surface area contributed by atoms with E-state index in [9.17, 15) is 14.3 Å². The van der Waals surface area contributed by atoms with Crippen LogP contribution in [0.15, 0.2) is 66.7 Å². The number of rotatable bonds is 5. The molecule has 0 saturated carbocycles. The standard InChI is InChI=1S/C29H21ClFNO3.Na/c1-17(29(33)34)35-28-23-5-3-2-4-19(23)9-10-20-8-6-18(14-24(20)28)7-12-22-13-11-21-15-26(31)25(30)16-27(21)32-22;/h2-17,28H,1H3,(H,33,34);/q;+1/p-1/b12-7+;/t17?,28-;/m1./s1. The summed E-state index contributed by atoms with van der Waals surface area (Å²) >= 11 is 5.91. The molecular formula is C29H20ClFNNaO3. The number of hydrogen-bond donors (Lipinski definition) is 0. The molecule has 0 bridgehead atoms. The topological polar surface area (TPSA) is 62.2 Å². The second-order valence-corrected chi connectivity index (χ2v) is 8.76. The number of carbonyl (C=O) groups is 1. The largest absolute Gasteiger partial charge is 1.00 e. The summed E-state index contributed by atoms with van der Waals surface area (Å²) in [4.78, 5) is 16.0. The van der Waals surface area contributed by atoms with E-state index in [2.05, 4.69) is 4.98 Å². The van der Waals surface area contributed by atoms with Crippen molar-refractivity contribution >= 4 is 52.8 Å². The first-order valence-corrected chi connectivity index (χ1v) is 11.5. The zero-order valence-corrected chi connectivity index (χ0v) is 22.5. The van der Waals surface area contributed by atoms with Crippen LogP contribution in [0.5, 0.6) is 0 Å². The van der Waals surface area contributed by atoms with E-state index >= 15 is 0 Å². The molecule has 174 valence electrons. The number of aliphatic carboxylic acids is 1. The van der Waals surface area contributed by atoms with Gasteiger partial charge in [-0.3, -0.25) is 0 Å². The number of nitrogens with zero attached hydrogens (tertiary/aromatic N) is 1. The zero-order chi connectivity index (χ0) is 24.5. The minimum atomic E-state index is -1.26. The van der Waals surface area contributed by atoms with Crippen molar-refractivity contribution in [1.29, 1.82) is 0 Å². The van der Waals surface area contributed by atoms with E-state index in [0.717, 1.165) is 27.8 Å². The van der Waals surface area contributed by atoms with Crippen LogP contribution in [0.1, 0.15) is 46.5 Å². The first-order valence-electron chi connectivity index (χ1n) is 11.1. The van der Waals surface area contributed by atoms with Crippen LogP contribution >= 0.6 is 11.6 Å². The summed E-state index contributed by atoms with van der Waals surface area (Å²) < 4.78 is 19.7. The molecule has 7 heteroatoms. The number of benzene rings is 3. The monoisotopic (exact) mass is 507 g/mol. The van der Waals surface area contributed by atoms with Gasteiger partial charge in [-0.1, -0.05) is 72.3 Å². The molecule has 1 heterocycles. The molecule has 0 amide bonds. The maximum absolute atomic E-state index is 13.7. The smallest absolute Gasteiger partial charge is 0.547 e. The predicted molar refractivity (Wildman–Crippen MR) is 135 cm³/mol. The number of fused-ring (bicyclic) bond motifs is 3. The van der Waals surface area contributed by atoms with Gasteiger partial charge < -0.3 is 14.6 Å². The first-order chi connectivity index (χ1) is 16.9. The van der Waals surface area contributed by atoms with Gasteiger partial charge in [0.05, 0.1) is 28.3 Å². The van der Waals surface area contributed by atoms with Gasteiger partial charge in [0, 0.05) is 5.39 Å². The fourth-order valence-electron chi connectivity index (χ4n) is 4.14.